The number of esters is 3. The standard InChI is InChI=1S/C9H14O6.C6H11NO/c1-6(10)13-4-9(15-8(3)12)5-14-7(2)11;1-2-7-5-3-4-6(7)8/h9H,4-5H2,1-3H3;2-5H2,1H3. The van der Waals surface area contributed by atoms with Gasteiger partial charge in [0.15, 0.2) is 6.10 Å². The lowest BCUT2D eigenvalue weighted by Crippen LogP contribution is -2.29. The summed E-state index contributed by atoms with van der Waals surface area (Å²) in [5.74, 6) is -1.18. The largest absolute Gasteiger partial charge is 0.462 e. The molecule has 0 aromatic heterocycles. The number of hydrogen-bond acceptors (Lipinski definition) is 7. The Hall–Kier alpha value is -2.12. The molecule has 0 saturated carbocycles. The van der Waals surface area contributed by atoms with Crippen molar-refractivity contribution in [3.8, 4) is 0 Å². The second-order valence-corrected chi connectivity index (χ2v) is 4.91. The third-order valence-electron chi connectivity index (χ3n) is 2.83. The van der Waals surface area contributed by atoms with E-state index in [2.05, 4.69) is 9.47 Å². The van der Waals surface area contributed by atoms with Crippen LogP contribution in [-0.2, 0) is 33.4 Å². The topological polar surface area (TPSA) is 99.2 Å². The van der Waals surface area contributed by atoms with E-state index in [0.29, 0.717) is 5.91 Å². The van der Waals surface area contributed by atoms with Crippen LogP contribution in [0.3, 0.4) is 0 Å². The number of carbonyl (C=O) groups excluding carboxylic acids is 4. The SMILES string of the molecule is CC(=O)OCC(COC(C)=O)OC(C)=O.CCN1CCCC1=O. The van der Waals surface area contributed by atoms with Gasteiger partial charge in [0.25, 0.3) is 0 Å². The summed E-state index contributed by atoms with van der Waals surface area (Å²) in [5, 5.41) is 0. The fourth-order valence-corrected chi connectivity index (χ4v) is 1.81. The van der Waals surface area contributed by atoms with Crippen LogP contribution in [0.15, 0.2) is 0 Å². The number of amides is 1. The van der Waals surface area contributed by atoms with Gasteiger partial charge in [-0.05, 0) is 13.3 Å². The summed E-state index contributed by atoms with van der Waals surface area (Å²) in [6.07, 6.45) is 1.08. The maximum Gasteiger partial charge on any atom is 0.303 e. The summed E-state index contributed by atoms with van der Waals surface area (Å²) >= 11 is 0. The Morgan fingerprint density at radius 3 is 1.83 bits per heavy atom. The zero-order chi connectivity index (χ0) is 17.8. The van der Waals surface area contributed by atoms with Gasteiger partial charge in [0.1, 0.15) is 13.2 Å². The van der Waals surface area contributed by atoms with E-state index in [1.54, 1.807) is 0 Å². The molecule has 23 heavy (non-hydrogen) atoms. The summed E-state index contributed by atoms with van der Waals surface area (Å²) in [6.45, 7) is 7.32. The zero-order valence-corrected chi connectivity index (χ0v) is 14.1. The van der Waals surface area contributed by atoms with E-state index < -0.39 is 24.0 Å². The van der Waals surface area contributed by atoms with Crippen LogP contribution in [0.25, 0.3) is 0 Å². The molecule has 0 spiro atoms. The first-order chi connectivity index (χ1) is 10.8. The molecule has 0 aromatic rings. The van der Waals surface area contributed by atoms with Crippen LogP contribution >= 0.6 is 0 Å². The predicted molar refractivity (Wildman–Crippen MR) is 80.3 cm³/mol. The zero-order valence-electron chi connectivity index (χ0n) is 14.1. The smallest absolute Gasteiger partial charge is 0.303 e. The highest BCUT2D eigenvalue weighted by Gasteiger charge is 2.17. The van der Waals surface area contributed by atoms with Crippen molar-refractivity contribution < 1.29 is 33.4 Å². The Balaban J connectivity index is 0.000000502. The number of hydrogen-bond donors (Lipinski definition) is 0. The van der Waals surface area contributed by atoms with E-state index in [1.165, 1.54) is 20.8 Å². The van der Waals surface area contributed by atoms with Crippen molar-refractivity contribution >= 4 is 23.8 Å². The second kappa shape index (κ2) is 11.4. The molecule has 8 heteroatoms. The van der Waals surface area contributed by atoms with Crippen molar-refractivity contribution in [2.45, 2.75) is 46.6 Å². The average molecular weight is 331 g/mol. The lowest BCUT2D eigenvalue weighted by molar-refractivity contribution is -0.163. The number of likely N-dealkylation sites (tertiary alicyclic amines) is 1. The fraction of sp³-hybridized carbons (Fsp3) is 0.733. The molecule has 0 radical (unpaired) electrons. The number of rotatable bonds is 6. The van der Waals surface area contributed by atoms with E-state index in [4.69, 9.17) is 4.74 Å². The quantitative estimate of drug-likeness (QED) is 0.521. The van der Waals surface area contributed by atoms with Crippen LogP contribution in [0.1, 0.15) is 40.5 Å². The van der Waals surface area contributed by atoms with Gasteiger partial charge < -0.3 is 19.1 Å². The minimum absolute atomic E-state index is 0.123. The van der Waals surface area contributed by atoms with Crippen molar-refractivity contribution in [2.24, 2.45) is 0 Å². The van der Waals surface area contributed by atoms with E-state index in [9.17, 15) is 19.2 Å². The van der Waals surface area contributed by atoms with Crippen molar-refractivity contribution in [2.75, 3.05) is 26.3 Å². The van der Waals surface area contributed by atoms with Gasteiger partial charge in [0.2, 0.25) is 5.91 Å². The molecule has 0 aliphatic carbocycles. The minimum atomic E-state index is -0.754. The van der Waals surface area contributed by atoms with Gasteiger partial charge in [-0.1, -0.05) is 0 Å². The Morgan fingerprint density at radius 2 is 1.57 bits per heavy atom. The van der Waals surface area contributed by atoms with Gasteiger partial charge in [0.05, 0.1) is 0 Å². The van der Waals surface area contributed by atoms with Crippen LogP contribution in [0, 0.1) is 0 Å². The molecule has 0 unspecified atom stereocenters. The van der Waals surface area contributed by atoms with Crippen LogP contribution in [0.4, 0.5) is 0 Å². The monoisotopic (exact) mass is 331 g/mol. The molecule has 1 heterocycles. The Kier molecular flexibility index (Phi) is 10.4. The molecule has 1 aliphatic rings. The third kappa shape index (κ3) is 11.1. The highest BCUT2D eigenvalue weighted by molar-refractivity contribution is 5.77. The maximum absolute atomic E-state index is 10.7. The van der Waals surface area contributed by atoms with Gasteiger partial charge in [-0.3, -0.25) is 19.2 Å². The number of carbonyl (C=O) groups is 4. The molecule has 0 aromatic carbocycles. The van der Waals surface area contributed by atoms with Crippen LogP contribution in [-0.4, -0.2) is 61.1 Å². The van der Waals surface area contributed by atoms with Crippen LogP contribution < -0.4 is 0 Å². The lowest BCUT2D eigenvalue weighted by atomic mass is 10.4. The van der Waals surface area contributed by atoms with E-state index in [0.717, 1.165) is 25.9 Å². The highest BCUT2D eigenvalue weighted by Crippen LogP contribution is 2.07. The molecule has 132 valence electrons. The Bertz CT molecular complexity index is 404. The molecular weight excluding hydrogens is 306 g/mol. The predicted octanol–water partition coefficient (Wildman–Crippen LogP) is 0.673. The normalized spacial score (nSPS) is 13.3. The van der Waals surface area contributed by atoms with Crippen molar-refractivity contribution in [1.82, 2.24) is 4.90 Å². The summed E-state index contributed by atoms with van der Waals surface area (Å²) < 4.78 is 14.0. The van der Waals surface area contributed by atoms with Gasteiger partial charge in [-0.15, -0.1) is 0 Å². The van der Waals surface area contributed by atoms with Gasteiger partial charge in [0, 0.05) is 40.3 Å². The molecule has 1 rings (SSSR count). The molecule has 0 N–H and O–H groups in total. The van der Waals surface area contributed by atoms with Gasteiger partial charge >= 0.3 is 17.9 Å². The molecular formula is C15H25NO7. The molecule has 1 amide bonds. The maximum atomic E-state index is 10.7. The first-order valence-electron chi connectivity index (χ1n) is 7.48. The van der Waals surface area contributed by atoms with Crippen molar-refractivity contribution in [3.05, 3.63) is 0 Å². The first-order valence-corrected chi connectivity index (χ1v) is 7.48. The van der Waals surface area contributed by atoms with E-state index >= 15 is 0 Å². The molecule has 0 bridgehead atoms. The molecule has 8 nitrogen and oxygen atoms in total. The molecule has 1 aliphatic heterocycles. The van der Waals surface area contributed by atoms with Crippen molar-refractivity contribution in [1.29, 1.82) is 0 Å². The highest BCUT2D eigenvalue weighted by atomic mass is 16.6. The van der Waals surface area contributed by atoms with E-state index in [-0.39, 0.29) is 13.2 Å². The van der Waals surface area contributed by atoms with Crippen LogP contribution in [0.2, 0.25) is 0 Å². The summed E-state index contributed by atoms with van der Waals surface area (Å²) in [4.78, 5) is 44.3. The van der Waals surface area contributed by atoms with Crippen molar-refractivity contribution in [3.63, 3.8) is 0 Å². The molecule has 1 saturated heterocycles. The lowest BCUT2D eigenvalue weighted by Gasteiger charge is -2.15. The van der Waals surface area contributed by atoms with Gasteiger partial charge in [-0.2, -0.15) is 0 Å². The van der Waals surface area contributed by atoms with Gasteiger partial charge in [-0.25, -0.2) is 0 Å². The molecule has 0 atom stereocenters. The summed E-state index contributed by atoms with van der Waals surface area (Å²) in [7, 11) is 0. The third-order valence-corrected chi connectivity index (χ3v) is 2.83. The minimum Gasteiger partial charge on any atom is -0.462 e. The first kappa shape index (κ1) is 20.9. The second-order valence-electron chi connectivity index (χ2n) is 4.91. The average Bonchev–Trinajstić information content (AvgIpc) is 2.87. The summed E-state index contributed by atoms with van der Waals surface area (Å²) in [5.41, 5.74) is 0. The number of ether oxygens (including phenoxy) is 3. The Morgan fingerprint density at radius 1 is 1.04 bits per heavy atom. The summed E-state index contributed by atoms with van der Waals surface area (Å²) in [6, 6.07) is 0. The van der Waals surface area contributed by atoms with E-state index in [1.807, 2.05) is 11.8 Å². The fourth-order valence-electron chi connectivity index (χ4n) is 1.81. The number of nitrogens with zero attached hydrogens (tertiary/aromatic N) is 1. The Labute approximate surface area is 136 Å². The van der Waals surface area contributed by atoms with Crippen LogP contribution in [0.5, 0.6) is 0 Å². The molecule has 1 fully saturated rings.